The number of nitrogens with one attached hydrogen (secondary N) is 1. The van der Waals surface area contributed by atoms with E-state index in [4.69, 9.17) is 0 Å². The maximum Gasteiger partial charge on any atom is 0.124 e. The Kier molecular flexibility index (Phi) is 4.57. The van der Waals surface area contributed by atoms with E-state index < -0.39 is 0 Å². The van der Waals surface area contributed by atoms with Crippen LogP contribution in [0, 0.1) is 34.5 Å². The lowest BCUT2D eigenvalue weighted by atomic mass is 9.49. The Morgan fingerprint density at radius 2 is 1.90 bits per heavy atom. The lowest BCUT2D eigenvalue weighted by Crippen LogP contribution is -2.51. The first-order valence-corrected chi connectivity index (χ1v) is 11.2. The number of carbonyl (C=O) groups is 2. The number of allylic oxidation sites excluding steroid dienone is 2. The van der Waals surface area contributed by atoms with Gasteiger partial charge < -0.3 is 9.59 Å². The molecule has 2 aromatic rings. The Bertz CT molecular complexity index is 993. The standard InChI is InChI=1S/C26H30N2O2/c1-25-11-10-23(26(2)13-18-14-27-28-24(18)12-19(26)15-29)20(16-30)22(25)9-8-21(25)17-6-4-3-5-7-17/h3-8,14-16,19-20,22-23H,9-13H2,1-2H3,(H,27,28)/t19-,20+,22+,23+,25-,26-/m1/s1. The molecule has 4 heteroatoms. The molecule has 0 unspecified atom stereocenters. The van der Waals surface area contributed by atoms with Crippen LogP contribution >= 0.6 is 0 Å². The Hall–Kier alpha value is -2.49. The van der Waals surface area contributed by atoms with Crippen molar-refractivity contribution in [3.8, 4) is 0 Å². The molecule has 0 spiro atoms. The summed E-state index contributed by atoms with van der Waals surface area (Å²) in [5.74, 6) is 0.418. The van der Waals surface area contributed by atoms with Gasteiger partial charge in [-0.1, -0.05) is 50.3 Å². The second kappa shape index (κ2) is 7.04. The minimum Gasteiger partial charge on any atom is -0.303 e. The van der Waals surface area contributed by atoms with Crippen LogP contribution in [0.4, 0.5) is 0 Å². The molecular formula is C26H30N2O2. The molecule has 1 aromatic heterocycles. The molecule has 0 radical (unpaired) electrons. The second-order valence-corrected chi connectivity index (χ2v) is 10.1. The van der Waals surface area contributed by atoms with Crippen molar-refractivity contribution in [1.82, 2.24) is 10.2 Å². The van der Waals surface area contributed by atoms with Crippen molar-refractivity contribution in [1.29, 1.82) is 0 Å². The van der Waals surface area contributed by atoms with Crippen LogP contribution in [0.2, 0.25) is 0 Å². The average molecular weight is 403 g/mol. The van der Waals surface area contributed by atoms with Gasteiger partial charge in [0.2, 0.25) is 0 Å². The summed E-state index contributed by atoms with van der Waals surface area (Å²) in [6, 6.07) is 10.6. The predicted octanol–water partition coefficient (Wildman–Crippen LogP) is 4.66. The minimum atomic E-state index is -0.207. The van der Waals surface area contributed by atoms with Crippen LogP contribution in [0.1, 0.15) is 49.9 Å². The van der Waals surface area contributed by atoms with E-state index in [-0.39, 0.29) is 28.6 Å². The summed E-state index contributed by atoms with van der Waals surface area (Å²) < 4.78 is 0. The van der Waals surface area contributed by atoms with Crippen molar-refractivity contribution in [2.45, 2.75) is 46.0 Å². The summed E-state index contributed by atoms with van der Waals surface area (Å²) in [5.41, 5.74) is 4.79. The van der Waals surface area contributed by atoms with E-state index in [0.29, 0.717) is 12.3 Å². The monoisotopic (exact) mass is 402 g/mol. The highest BCUT2D eigenvalue weighted by molar-refractivity contribution is 5.74. The van der Waals surface area contributed by atoms with Crippen molar-refractivity contribution in [2.75, 3.05) is 0 Å². The smallest absolute Gasteiger partial charge is 0.124 e. The molecule has 1 heterocycles. The van der Waals surface area contributed by atoms with Crippen LogP contribution in [0.3, 0.4) is 0 Å². The predicted molar refractivity (Wildman–Crippen MR) is 117 cm³/mol. The average Bonchev–Trinajstić information content (AvgIpc) is 3.35. The van der Waals surface area contributed by atoms with Crippen LogP contribution in [-0.4, -0.2) is 22.8 Å². The number of carbonyl (C=O) groups excluding carboxylic acids is 2. The summed E-state index contributed by atoms with van der Waals surface area (Å²) in [4.78, 5) is 24.7. The summed E-state index contributed by atoms with van der Waals surface area (Å²) >= 11 is 0. The van der Waals surface area contributed by atoms with Gasteiger partial charge in [-0.2, -0.15) is 5.10 Å². The van der Waals surface area contributed by atoms with Crippen molar-refractivity contribution in [3.63, 3.8) is 0 Å². The molecular weight excluding hydrogens is 372 g/mol. The van der Waals surface area contributed by atoms with E-state index in [1.54, 1.807) is 0 Å². The fourth-order valence-corrected chi connectivity index (χ4v) is 7.06. The highest BCUT2D eigenvalue weighted by Crippen LogP contribution is 2.63. The lowest BCUT2D eigenvalue weighted by Gasteiger charge is -2.54. The van der Waals surface area contributed by atoms with Gasteiger partial charge in [0.05, 0.1) is 6.20 Å². The van der Waals surface area contributed by atoms with Gasteiger partial charge in [0.15, 0.2) is 0 Å². The Morgan fingerprint density at radius 1 is 1.10 bits per heavy atom. The SMILES string of the molecule is C[C@@]1([C@H]2CC[C@]3(C)C(c4ccccc4)=CC[C@H]3[C@@H]2C=O)Cc2cn[nH]c2C[C@@H]1C=O. The van der Waals surface area contributed by atoms with E-state index in [1.165, 1.54) is 23.0 Å². The van der Waals surface area contributed by atoms with Crippen molar-refractivity contribution >= 4 is 18.1 Å². The number of benzene rings is 1. The van der Waals surface area contributed by atoms with E-state index in [0.717, 1.165) is 37.7 Å². The zero-order chi connectivity index (χ0) is 20.9. The Labute approximate surface area is 178 Å². The molecule has 1 aromatic carbocycles. The van der Waals surface area contributed by atoms with Gasteiger partial charge in [-0.25, -0.2) is 0 Å². The fraction of sp³-hybridized carbons (Fsp3) is 0.500. The molecule has 156 valence electrons. The van der Waals surface area contributed by atoms with E-state index in [9.17, 15) is 9.59 Å². The van der Waals surface area contributed by atoms with Gasteiger partial charge in [0, 0.05) is 17.5 Å². The van der Waals surface area contributed by atoms with Crippen LogP contribution in [-0.2, 0) is 22.4 Å². The third kappa shape index (κ3) is 2.69. The summed E-state index contributed by atoms with van der Waals surface area (Å²) in [6.45, 7) is 4.59. The summed E-state index contributed by atoms with van der Waals surface area (Å²) in [6.07, 6.45) is 11.1. The fourth-order valence-electron chi connectivity index (χ4n) is 7.06. The molecule has 3 aliphatic rings. The topological polar surface area (TPSA) is 62.8 Å². The van der Waals surface area contributed by atoms with Crippen LogP contribution in [0.25, 0.3) is 5.57 Å². The molecule has 5 rings (SSSR count). The lowest BCUT2D eigenvalue weighted by molar-refractivity contribution is -0.129. The number of fused-ring (bicyclic) bond motifs is 2. The number of rotatable bonds is 4. The maximum atomic E-state index is 12.5. The highest BCUT2D eigenvalue weighted by atomic mass is 16.1. The molecule has 0 saturated heterocycles. The zero-order valence-electron chi connectivity index (χ0n) is 17.8. The first-order chi connectivity index (χ1) is 14.5. The minimum absolute atomic E-state index is 0.0198. The van der Waals surface area contributed by atoms with Gasteiger partial charge >= 0.3 is 0 Å². The number of aldehydes is 2. The van der Waals surface area contributed by atoms with Gasteiger partial charge in [-0.15, -0.1) is 0 Å². The number of hydrogen-bond donors (Lipinski definition) is 1. The molecule has 0 amide bonds. The number of hydrogen-bond acceptors (Lipinski definition) is 3. The molecule has 0 aliphatic heterocycles. The van der Waals surface area contributed by atoms with Crippen molar-refractivity contribution in [2.24, 2.45) is 34.5 Å². The molecule has 6 atom stereocenters. The molecule has 1 N–H and O–H groups in total. The molecule has 0 bridgehead atoms. The van der Waals surface area contributed by atoms with Gasteiger partial charge in [-0.3, -0.25) is 5.10 Å². The quantitative estimate of drug-likeness (QED) is 0.756. The number of H-pyrrole nitrogens is 1. The van der Waals surface area contributed by atoms with E-state index in [1.807, 2.05) is 6.20 Å². The van der Waals surface area contributed by atoms with E-state index in [2.05, 4.69) is 60.5 Å². The van der Waals surface area contributed by atoms with Gasteiger partial charge in [-0.05, 0) is 71.5 Å². The molecule has 30 heavy (non-hydrogen) atoms. The largest absolute Gasteiger partial charge is 0.303 e. The highest BCUT2D eigenvalue weighted by Gasteiger charge is 2.57. The molecule has 3 aliphatic carbocycles. The van der Waals surface area contributed by atoms with Gasteiger partial charge in [0.1, 0.15) is 12.6 Å². The first-order valence-electron chi connectivity index (χ1n) is 11.2. The second-order valence-electron chi connectivity index (χ2n) is 10.1. The number of aromatic nitrogens is 2. The zero-order valence-corrected chi connectivity index (χ0v) is 17.8. The van der Waals surface area contributed by atoms with Crippen LogP contribution in [0.5, 0.6) is 0 Å². The maximum absolute atomic E-state index is 12.5. The van der Waals surface area contributed by atoms with Crippen LogP contribution in [0.15, 0.2) is 42.6 Å². The molecule has 1 fully saturated rings. The third-order valence-corrected chi connectivity index (χ3v) is 8.82. The molecule has 1 saturated carbocycles. The summed E-state index contributed by atoms with van der Waals surface area (Å²) in [5, 5.41) is 7.28. The van der Waals surface area contributed by atoms with E-state index >= 15 is 0 Å². The van der Waals surface area contributed by atoms with Crippen LogP contribution < -0.4 is 0 Å². The Morgan fingerprint density at radius 3 is 2.63 bits per heavy atom. The molecule has 4 nitrogen and oxygen atoms in total. The number of nitrogens with zero attached hydrogens (tertiary/aromatic N) is 1. The van der Waals surface area contributed by atoms with Crippen molar-refractivity contribution < 1.29 is 9.59 Å². The normalized spacial score (nSPS) is 37.7. The third-order valence-electron chi connectivity index (χ3n) is 8.82. The Balaban J connectivity index is 1.49. The number of aromatic amines is 1. The first kappa shape index (κ1) is 19.5. The van der Waals surface area contributed by atoms with Crippen molar-refractivity contribution in [3.05, 3.63) is 59.4 Å². The summed E-state index contributed by atoms with van der Waals surface area (Å²) in [7, 11) is 0. The van der Waals surface area contributed by atoms with Gasteiger partial charge in [0.25, 0.3) is 0 Å².